The van der Waals surface area contributed by atoms with Crippen molar-refractivity contribution >= 4 is 23.6 Å². The van der Waals surface area contributed by atoms with Crippen LogP contribution in [0.2, 0.25) is 0 Å². The van der Waals surface area contributed by atoms with Crippen LogP contribution in [0.25, 0.3) is 0 Å². The average Bonchev–Trinajstić information content (AvgIpc) is 3.56. The van der Waals surface area contributed by atoms with Crippen LogP contribution in [-0.2, 0) is 27.3 Å². The molecule has 3 aromatic carbocycles. The van der Waals surface area contributed by atoms with E-state index in [-0.39, 0.29) is 50.6 Å². The summed E-state index contributed by atoms with van der Waals surface area (Å²) in [7, 11) is 3.01. The van der Waals surface area contributed by atoms with Crippen LogP contribution in [0.5, 0.6) is 34.5 Å². The smallest absolute Gasteiger partial charge is 0.251 e. The number of nitrogens with zero attached hydrogens (tertiary/aromatic N) is 1. The molecule has 13 heteroatoms. The van der Waals surface area contributed by atoms with Crippen molar-refractivity contribution in [3.05, 3.63) is 71.3 Å². The number of benzene rings is 3. The van der Waals surface area contributed by atoms with Gasteiger partial charge in [0.1, 0.15) is 17.5 Å². The Balaban J connectivity index is 1.41. The Morgan fingerprint density at radius 3 is 2.47 bits per heavy atom. The minimum Gasteiger partial charge on any atom is -0.496 e. The maximum atomic E-state index is 13.6. The summed E-state index contributed by atoms with van der Waals surface area (Å²) in [4.78, 5) is 55.1. The number of nitrogens with one attached hydrogen (secondary N) is 3. The van der Waals surface area contributed by atoms with Crippen LogP contribution in [-0.4, -0.2) is 75.2 Å². The van der Waals surface area contributed by atoms with E-state index >= 15 is 0 Å². The fraction of sp³-hybridized carbons (Fsp3) is 0.389. The maximum Gasteiger partial charge on any atom is 0.251 e. The van der Waals surface area contributed by atoms with E-state index in [4.69, 9.17) is 23.7 Å². The number of methoxy groups -OCH3 is 2. The predicted molar refractivity (Wildman–Crippen MR) is 179 cm³/mol. The first-order valence-corrected chi connectivity index (χ1v) is 16.2. The SMILES string of the molecule is COc1ccc2cc1Oc1cccc(OC)c1CNC(=O)[C@@H](C(C)C)NC(=O)CN(C(=O)Cc1ccc3c(c1)OCO3)CCCCNC2=O. The Kier molecular flexibility index (Phi) is 11.4. The summed E-state index contributed by atoms with van der Waals surface area (Å²) in [5, 5.41) is 8.65. The third kappa shape index (κ3) is 8.72. The molecule has 0 aromatic heterocycles. The van der Waals surface area contributed by atoms with E-state index in [1.54, 1.807) is 54.6 Å². The highest BCUT2D eigenvalue weighted by Crippen LogP contribution is 2.37. The Bertz CT molecular complexity index is 1690. The monoisotopic (exact) mass is 674 g/mol. The molecule has 2 aliphatic heterocycles. The van der Waals surface area contributed by atoms with Gasteiger partial charge in [0.05, 0.1) is 39.3 Å². The van der Waals surface area contributed by atoms with Gasteiger partial charge in [0.15, 0.2) is 23.0 Å². The summed E-state index contributed by atoms with van der Waals surface area (Å²) >= 11 is 0. The van der Waals surface area contributed by atoms with Crippen molar-refractivity contribution in [1.82, 2.24) is 20.9 Å². The fourth-order valence-electron chi connectivity index (χ4n) is 5.60. The Hall–Kier alpha value is -5.46. The molecule has 0 saturated heterocycles. The standard InChI is InChI=1S/C36H42N4O9/c1-22(2)34-36(44)38-19-25-26(45-3)8-7-9-27(25)49-31-18-24(11-13-28(31)46-4)35(43)37-14-5-6-15-40(20-32(41)39-34)33(42)17-23-10-12-29-30(16-23)48-21-47-29/h7-13,16,18,22,34H,5-6,14-15,17,19-21H2,1-4H3,(H,37,43)(H,38,44)(H,39,41)/t34-/m1/s1. The molecule has 0 fully saturated rings. The molecule has 0 radical (unpaired) electrons. The van der Waals surface area contributed by atoms with Gasteiger partial charge >= 0.3 is 0 Å². The Morgan fingerprint density at radius 1 is 0.898 bits per heavy atom. The summed E-state index contributed by atoms with van der Waals surface area (Å²) in [6, 6.07) is 14.5. The van der Waals surface area contributed by atoms with Gasteiger partial charge in [0.25, 0.3) is 5.91 Å². The molecule has 5 rings (SSSR count). The summed E-state index contributed by atoms with van der Waals surface area (Å²) in [6.07, 6.45) is 1.10. The van der Waals surface area contributed by atoms with Crippen molar-refractivity contribution in [1.29, 1.82) is 0 Å². The molecule has 0 saturated carbocycles. The molecular weight excluding hydrogens is 632 g/mol. The first-order valence-electron chi connectivity index (χ1n) is 16.2. The van der Waals surface area contributed by atoms with Crippen LogP contribution in [0.3, 0.4) is 0 Å². The van der Waals surface area contributed by atoms with Gasteiger partial charge in [-0.3, -0.25) is 19.2 Å². The normalized spacial score (nSPS) is 17.2. The van der Waals surface area contributed by atoms with E-state index in [1.165, 1.54) is 19.1 Å². The number of ether oxygens (including phenoxy) is 5. The van der Waals surface area contributed by atoms with Crippen LogP contribution in [0.4, 0.5) is 0 Å². The van der Waals surface area contributed by atoms with Gasteiger partial charge in [0.2, 0.25) is 24.5 Å². The number of carbonyl (C=O) groups is 4. The van der Waals surface area contributed by atoms with Crippen LogP contribution in [0, 0.1) is 5.92 Å². The minimum atomic E-state index is -0.880. The number of rotatable bonds is 5. The van der Waals surface area contributed by atoms with Crippen molar-refractivity contribution in [2.45, 2.75) is 45.7 Å². The highest BCUT2D eigenvalue weighted by atomic mass is 16.7. The first-order chi connectivity index (χ1) is 23.7. The second-order valence-corrected chi connectivity index (χ2v) is 12.1. The zero-order valence-corrected chi connectivity index (χ0v) is 28.1. The van der Waals surface area contributed by atoms with Crippen molar-refractivity contribution in [2.75, 3.05) is 40.6 Å². The number of fused-ring (bicyclic) bond motifs is 4. The number of hydrogen-bond acceptors (Lipinski definition) is 9. The molecule has 2 bridgehead atoms. The molecule has 0 aliphatic carbocycles. The predicted octanol–water partition coefficient (Wildman–Crippen LogP) is 3.58. The maximum absolute atomic E-state index is 13.6. The van der Waals surface area contributed by atoms with Gasteiger partial charge in [-0.1, -0.05) is 26.0 Å². The summed E-state index contributed by atoms with van der Waals surface area (Å²) < 4.78 is 28.2. The second-order valence-electron chi connectivity index (χ2n) is 12.1. The average molecular weight is 675 g/mol. The zero-order chi connectivity index (χ0) is 34.9. The lowest BCUT2D eigenvalue weighted by molar-refractivity contribution is -0.137. The number of amides is 4. The van der Waals surface area contributed by atoms with E-state index in [9.17, 15) is 19.2 Å². The van der Waals surface area contributed by atoms with Gasteiger partial charge in [-0.25, -0.2) is 0 Å². The molecule has 0 unspecified atom stereocenters. The fourth-order valence-corrected chi connectivity index (χ4v) is 5.60. The quantitative estimate of drug-likeness (QED) is 0.369. The van der Waals surface area contributed by atoms with Crippen molar-refractivity contribution in [3.63, 3.8) is 0 Å². The van der Waals surface area contributed by atoms with Crippen LogP contribution >= 0.6 is 0 Å². The van der Waals surface area contributed by atoms with Gasteiger partial charge in [-0.2, -0.15) is 0 Å². The molecule has 49 heavy (non-hydrogen) atoms. The first kappa shape index (κ1) is 34.9. The minimum absolute atomic E-state index is 0.0138. The number of hydrogen-bond donors (Lipinski definition) is 3. The Labute approximate surface area is 285 Å². The van der Waals surface area contributed by atoms with Gasteiger partial charge in [0, 0.05) is 18.7 Å². The number of carbonyl (C=O) groups excluding carboxylic acids is 4. The lowest BCUT2D eigenvalue weighted by atomic mass is 10.0. The van der Waals surface area contributed by atoms with E-state index in [0.29, 0.717) is 70.6 Å². The van der Waals surface area contributed by atoms with E-state index in [0.717, 1.165) is 0 Å². The van der Waals surface area contributed by atoms with Crippen LogP contribution in [0.1, 0.15) is 48.2 Å². The third-order valence-electron chi connectivity index (χ3n) is 8.28. The molecule has 2 aliphatic rings. The molecule has 2 heterocycles. The lowest BCUT2D eigenvalue weighted by Gasteiger charge is -2.26. The molecule has 260 valence electrons. The van der Waals surface area contributed by atoms with Gasteiger partial charge in [-0.15, -0.1) is 0 Å². The van der Waals surface area contributed by atoms with Gasteiger partial charge < -0.3 is 44.5 Å². The van der Waals surface area contributed by atoms with Crippen LogP contribution < -0.4 is 39.6 Å². The zero-order valence-electron chi connectivity index (χ0n) is 28.1. The Morgan fingerprint density at radius 2 is 1.69 bits per heavy atom. The molecule has 1 atom stereocenters. The molecule has 4 amide bonds. The van der Waals surface area contributed by atoms with Gasteiger partial charge in [-0.05, 0) is 66.8 Å². The second kappa shape index (κ2) is 16.1. The lowest BCUT2D eigenvalue weighted by Crippen LogP contribution is -2.52. The van der Waals surface area contributed by atoms with Crippen LogP contribution in [0.15, 0.2) is 54.6 Å². The molecule has 13 nitrogen and oxygen atoms in total. The molecule has 3 aromatic rings. The highest BCUT2D eigenvalue weighted by Gasteiger charge is 2.27. The molecule has 0 spiro atoms. The highest BCUT2D eigenvalue weighted by molar-refractivity contribution is 5.95. The van der Waals surface area contributed by atoms with E-state index < -0.39 is 17.9 Å². The van der Waals surface area contributed by atoms with E-state index in [1.807, 2.05) is 13.8 Å². The third-order valence-corrected chi connectivity index (χ3v) is 8.28. The largest absolute Gasteiger partial charge is 0.496 e. The summed E-state index contributed by atoms with van der Waals surface area (Å²) in [5.41, 5.74) is 1.62. The van der Waals surface area contributed by atoms with Crippen molar-refractivity contribution in [2.24, 2.45) is 5.92 Å². The molecular formula is C36H42N4O9. The van der Waals surface area contributed by atoms with Crippen molar-refractivity contribution < 1.29 is 42.9 Å². The van der Waals surface area contributed by atoms with E-state index in [2.05, 4.69) is 16.0 Å². The topological polar surface area (TPSA) is 154 Å². The molecule has 3 N–H and O–H groups in total. The summed E-state index contributed by atoms with van der Waals surface area (Å²) in [5.74, 6) is 1.01. The summed E-state index contributed by atoms with van der Waals surface area (Å²) in [6.45, 7) is 4.15. The van der Waals surface area contributed by atoms with Crippen molar-refractivity contribution in [3.8, 4) is 34.5 Å².